The molecule has 0 spiro atoms. The van der Waals surface area contributed by atoms with Gasteiger partial charge in [0.25, 0.3) is 0 Å². The molecule has 156 valence electrons. The molecule has 31 heavy (non-hydrogen) atoms. The molecule has 0 unspecified atom stereocenters. The molecule has 0 saturated heterocycles. The van der Waals surface area contributed by atoms with Gasteiger partial charge in [0.2, 0.25) is 5.91 Å². The third-order valence-electron chi connectivity index (χ3n) is 5.41. The summed E-state index contributed by atoms with van der Waals surface area (Å²) >= 11 is 0. The Bertz CT molecular complexity index is 1050. The van der Waals surface area contributed by atoms with Crippen LogP contribution >= 0.6 is 0 Å². The normalized spacial score (nSPS) is 10.9. The molecule has 0 saturated carbocycles. The fraction of sp³-hybridized carbons (Fsp3) is 0.148. The maximum atomic E-state index is 13.5. The summed E-state index contributed by atoms with van der Waals surface area (Å²) in [5, 5.41) is 10.2. The summed E-state index contributed by atoms with van der Waals surface area (Å²) < 4.78 is 5.50. The number of hydrogen-bond donors (Lipinski definition) is 1. The maximum absolute atomic E-state index is 13.5. The van der Waals surface area contributed by atoms with Crippen LogP contribution in [0.3, 0.4) is 0 Å². The van der Waals surface area contributed by atoms with Crippen molar-refractivity contribution in [3.8, 4) is 5.75 Å². The van der Waals surface area contributed by atoms with Crippen molar-refractivity contribution >= 4 is 5.91 Å². The van der Waals surface area contributed by atoms with Crippen LogP contribution < -0.4 is 0 Å². The first kappa shape index (κ1) is 20.5. The van der Waals surface area contributed by atoms with Crippen LogP contribution in [-0.2, 0) is 17.9 Å². The Kier molecular flexibility index (Phi) is 6.48. The second-order valence-corrected chi connectivity index (χ2v) is 7.54. The molecule has 0 radical (unpaired) electrons. The van der Waals surface area contributed by atoms with Crippen LogP contribution in [0.25, 0.3) is 0 Å². The topological polar surface area (TPSA) is 53.7 Å². The van der Waals surface area contributed by atoms with Gasteiger partial charge in [-0.2, -0.15) is 0 Å². The van der Waals surface area contributed by atoms with Crippen molar-refractivity contribution in [3.63, 3.8) is 0 Å². The van der Waals surface area contributed by atoms with Crippen molar-refractivity contribution in [2.24, 2.45) is 0 Å². The minimum absolute atomic E-state index is 0.00245. The van der Waals surface area contributed by atoms with E-state index in [4.69, 9.17) is 4.42 Å². The van der Waals surface area contributed by atoms with E-state index in [0.717, 1.165) is 11.1 Å². The quantitative estimate of drug-likeness (QED) is 0.402. The predicted octanol–water partition coefficient (Wildman–Crippen LogP) is 5.74. The van der Waals surface area contributed by atoms with Gasteiger partial charge >= 0.3 is 0 Å². The lowest BCUT2D eigenvalue weighted by Gasteiger charge is -2.25. The van der Waals surface area contributed by atoms with Gasteiger partial charge in [-0.3, -0.25) is 4.79 Å². The van der Waals surface area contributed by atoms with E-state index in [1.807, 2.05) is 60.7 Å². The van der Waals surface area contributed by atoms with Crippen LogP contribution in [0.5, 0.6) is 5.75 Å². The van der Waals surface area contributed by atoms with E-state index in [0.29, 0.717) is 30.8 Å². The van der Waals surface area contributed by atoms with E-state index in [-0.39, 0.29) is 17.6 Å². The van der Waals surface area contributed by atoms with Gasteiger partial charge in [0, 0.05) is 24.4 Å². The Morgan fingerprint density at radius 1 is 0.774 bits per heavy atom. The van der Waals surface area contributed by atoms with Gasteiger partial charge in [-0.15, -0.1) is 0 Å². The lowest BCUT2D eigenvalue weighted by Crippen LogP contribution is -2.31. The first-order chi connectivity index (χ1) is 15.2. The molecule has 0 bridgehead atoms. The lowest BCUT2D eigenvalue weighted by molar-refractivity contribution is -0.133. The third kappa shape index (κ3) is 5.23. The molecule has 1 N–H and O–H groups in total. The van der Waals surface area contributed by atoms with Gasteiger partial charge in [0.05, 0.1) is 12.8 Å². The fourth-order valence-corrected chi connectivity index (χ4v) is 3.78. The smallest absolute Gasteiger partial charge is 0.224 e. The molecule has 1 aromatic heterocycles. The number of aromatic hydroxyl groups is 1. The van der Waals surface area contributed by atoms with E-state index in [9.17, 15) is 9.90 Å². The highest BCUT2D eigenvalue weighted by Gasteiger charge is 2.23. The van der Waals surface area contributed by atoms with E-state index >= 15 is 0 Å². The van der Waals surface area contributed by atoms with Gasteiger partial charge in [0.15, 0.2) is 0 Å². The SMILES string of the molecule is O=C(CC(c1ccccc1)c1ccccc1)N(Cc1ccco1)Cc1ccccc1O. The average Bonchev–Trinajstić information content (AvgIpc) is 3.33. The molecule has 3 aromatic carbocycles. The average molecular weight is 412 g/mol. The number of para-hydroxylation sites is 1. The molecular formula is C27H25NO3. The number of benzene rings is 3. The van der Waals surface area contributed by atoms with Crippen molar-refractivity contribution in [3.05, 3.63) is 126 Å². The summed E-state index contributed by atoms with van der Waals surface area (Å²) in [6.07, 6.45) is 1.93. The molecule has 4 heteroatoms. The lowest BCUT2D eigenvalue weighted by atomic mass is 9.88. The number of nitrogens with zero attached hydrogens (tertiary/aromatic N) is 1. The highest BCUT2D eigenvalue weighted by atomic mass is 16.3. The molecule has 4 aromatic rings. The van der Waals surface area contributed by atoms with Gasteiger partial charge in [0.1, 0.15) is 11.5 Å². The largest absolute Gasteiger partial charge is 0.508 e. The zero-order valence-corrected chi connectivity index (χ0v) is 17.2. The predicted molar refractivity (Wildman–Crippen MR) is 120 cm³/mol. The Morgan fingerprint density at radius 3 is 1.97 bits per heavy atom. The number of hydrogen-bond acceptors (Lipinski definition) is 3. The number of furan rings is 1. The second-order valence-electron chi connectivity index (χ2n) is 7.54. The molecule has 0 aliphatic carbocycles. The minimum atomic E-state index is -0.0571. The summed E-state index contributed by atoms with van der Waals surface area (Å²) in [4.78, 5) is 15.3. The van der Waals surface area contributed by atoms with Crippen LogP contribution in [0, 0.1) is 0 Å². The monoisotopic (exact) mass is 411 g/mol. The van der Waals surface area contributed by atoms with Gasteiger partial charge in [-0.1, -0.05) is 78.9 Å². The molecule has 0 fully saturated rings. The summed E-state index contributed by atoms with van der Waals surface area (Å²) in [7, 11) is 0. The first-order valence-electron chi connectivity index (χ1n) is 10.4. The highest BCUT2D eigenvalue weighted by Crippen LogP contribution is 2.30. The fourth-order valence-electron chi connectivity index (χ4n) is 3.78. The van der Waals surface area contributed by atoms with E-state index < -0.39 is 0 Å². The summed E-state index contributed by atoms with van der Waals surface area (Å²) in [6.45, 7) is 0.652. The van der Waals surface area contributed by atoms with E-state index in [1.54, 1.807) is 23.3 Å². The summed E-state index contributed by atoms with van der Waals surface area (Å²) in [5.41, 5.74) is 2.91. The number of phenols is 1. The van der Waals surface area contributed by atoms with Crippen LogP contribution in [0.1, 0.15) is 34.8 Å². The molecule has 4 rings (SSSR count). The zero-order valence-electron chi connectivity index (χ0n) is 17.2. The van der Waals surface area contributed by atoms with Gasteiger partial charge < -0.3 is 14.4 Å². The van der Waals surface area contributed by atoms with E-state index in [2.05, 4.69) is 24.3 Å². The van der Waals surface area contributed by atoms with Crippen molar-refractivity contribution in [2.75, 3.05) is 0 Å². The number of phenolic OH excluding ortho intramolecular Hbond substituents is 1. The van der Waals surface area contributed by atoms with Crippen molar-refractivity contribution in [2.45, 2.75) is 25.4 Å². The minimum Gasteiger partial charge on any atom is -0.508 e. The standard InChI is InChI=1S/C27H25NO3/c29-26-16-8-7-14-23(26)19-28(20-24-15-9-17-31-24)27(30)18-25(21-10-3-1-4-11-21)22-12-5-2-6-13-22/h1-17,25,29H,18-20H2. The summed E-state index contributed by atoms with van der Waals surface area (Å²) in [6, 6.07) is 31.0. The molecular weight excluding hydrogens is 386 g/mol. The number of amides is 1. The Morgan fingerprint density at radius 2 is 1.39 bits per heavy atom. The Hall–Kier alpha value is -3.79. The number of carbonyl (C=O) groups excluding carboxylic acids is 1. The van der Waals surface area contributed by atoms with Gasteiger partial charge in [-0.25, -0.2) is 0 Å². The molecule has 1 amide bonds. The molecule has 4 nitrogen and oxygen atoms in total. The van der Waals surface area contributed by atoms with Crippen LogP contribution in [0.15, 0.2) is 108 Å². The van der Waals surface area contributed by atoms with Crippen molar-refractivity contribution in [1.29, 1.82) is 0 Å². The van der Waals surface area contributed by atoms with Gasteiger partial charge in [-0.05, 0) is 29.3 Å². The van der Waals surface area contributed by atoms with Crippen LogP contribution in [0.4, 0.5) is 0 Å². The van der Waals surface area contributed by atoms with Crippen LogP contribution in [0.2, 0.25) is 0 Å². The first-order valence-corrected chi connectivity index (χ1v) is 10.4. The maximum Gasteiger partial charge on any atom is 0.224 e. The van der Waals surface area contributed by atoms with Crippen molar-refractivity contribution in [1.82, 2.24) is 4.90 Å². The molecule has 0 aliphatic rings. The number of carbonyl (C=O) groups is 1. The second kappa shape index (κ2) is 9.81. The Balaban J connectivity index is 1.62. The van der Waals surface area contributed by atoms with E-state index in [1.165, 1.54) is 0 Å². The van der Waals surface area contributed by atoms with Crippen molar-refractivity contribution < 1.29 is 14.3 Å². The zero-order chi connectivity index (χ0) is 21.5. The highest BCUT2D eigenvalue weighted by molar-refractivity contribution is 5.78. The molecule has 0 aliphatic heterocycles. The molecule has 1 heterocycles. The third-order valence-corrected chi connectivity index (χ3v) is 5.41. The Labute approximate surface area is 182 Å². The number of rotatable bonds is 8. The van der Waals surface area contributed by atoms with Crippen LogP contribution in [-0.4, -0.2) is 15.9 Å². The molecule has 0 atom stereocenters. The summed E-state index contributed by atoms with van der Waals surface area (Å²) in [5.74, 6) is 0.831.